The predicted molar refractivity (Wildman–Crippen MR) is 93.2 cm³/mol. The van der Waals surface area contributed by atoms with Gasteiger partial charge in [-0.3, -0.25) is 4.79 Å². The van der Waals surface area contributed by atoms with Crippen LogP contribution in [0, 0.1) is 0 Å². The summed E-state index contributed by atoms with van der Waals surface area (Å²) in [6, 6.07) is 9.46. The van der Waals surface area contributed by atoms with E-state index in [1.54, 1.807) is 11.8 Å². The van der Waals surface area contributed by atoms with Crippen molar-refractivity contribution in [2.75, 3.05) is 5.75 Å². The van der Waals surface area contributed by atoms with E-state index in [4.69, 9.17) is 0 Å². The minimum absolute atomic E-state index is 0.0328. The van der Waals surface area contributed by atoms with Crippen molar-refractivity contribution in [2.24, 2.45) is 0 Å². The van der Waals surface area contributed by atoms with Gasteiger partial charge >= 0.3 is 0 Å². The minimum atomic E-state index is -0.313. The number of amides is 1. The number of hydrogen-bond acceptors (Lipinski definition) is 4. The van der Waals surface area contributed by atoms with Gasteiger partial charge in [-0.1, -0.05) is 69.4 Å². The fraction of sp³-hybridized carbons (Fsp3) is 0.588. The Bertz CT molecular complexity index is 441. The average molecular weight is 321 g/mol. The van der Waals surface area contributed by atoms with Crippen molar-refractivity contribution in [3.05, 3.63) is 35.9 Å². The van der Waals surface area contributed by atoms with Gasteiger partial charge in [-0.25, -0.2) is 10.9 Å². The zero-order valence-electron chi connectivity index (χ0n) is 13.3. The molecule has 1 aromatic rings. The Morgan fingerprint density at radius 3 is 2.45 bits per heavy atom. The SMILES string of the molecule is CCCCCCCCSC1NNC(c2ccccc2)C(=O)N1. The molecule has 4 nitrogen and oxygen atoms in total. The van der Waals surface area contributed by atoms with E-state index < -0.39 is 0 Å². The van der Waals surface area contributed by atoms with Gasteiger partial charge in [-0.2, -0.15) is 0 Å². The Morgan fingerprint density at radius 2 is 1.73 bits per heavy atom. The van der Waals surface area contributed by atoms with E-state index in [-0.39, 0.29) is 17.4 Å². The molecule has 1 heterocycles. The zero-order valence-corrected chi connectivity index (χ0v) is 14.1. The van der Waals surface area contributed by atoms with Gasteiger partial charge in [0.05, 0.1) is 0 Å². The molecule has 1 fully saturated rings. The average Bonchev–Trinajstić information content (AvgIpc) is 2.55. The molecule has 1 amide bonds. The lowest BCUT2D eigenvalue weighted by Crippen LogP contribution is -2.60. The Labute approximate surface area is 137 Å². The largest absolute Gasteiger partial charge is 0.329 e. The summed E-state index contributed by atoms with van der Waals surface area (Å²) in [4.78, 5) is 12.2. The number of nitrogens with one attached hydrogen (secondary N) is 3. The molecule has 1 saturated heterocycles. The summed E-state index contributed by atoms with van der Waals surface area (Å²) < 4.78 is 0. The van der Waals surface area contributed by atoms with Crippen molar-refractivity contribution in [1.29, 1.82) is 0 Å². The quantitative estimate of drug-likeness (QED) is 0.611. The van der Waals surface area contributed by atoms with Crippen molar-refractivity contribution in [2.45, 2.75) is 57.0 Å². The van der Waals surface area contributed by atoms with Crippen LogP contribution in [0.1, 0.15) is 57.1 Å². The van der Waals surface area contributed by atoms with Crippen LogP contribution >= 0.6 is 11.8 Å². The molecule has 0 radical (unpaired) electrons. The third-order valence-corrected chi connectivity index (χ3v) is 4.90. The van der Waals surface area contributed by atoms with Gasteiger partial charge in [-0.05, 0) is 17.7 Å². The molecular weight excluding hydrogens is 294 g/mol. The first-order chi connectivity index (χ1) is 10.8. The summed E-state index contributed by atoms with van der Waals surface area (Å²) >= 11 is 1.76. The van der Waals surface area contributed by atoms with E-state index in [0.29, 0.717) is 0 Å². The maximum atomic E-state index is 12.2. The molecule has 2 atom stereocenters. The van der Waals surface area contributed by atoms with Crippen molar-refractivity contribution in [1.82, 2.24) is 16.2 Å². The standard InChI is InChI=1S/C17H27N3OS/c1-2-3-4-5-6-10-13-22-17-18-16(21)15(19-20-17)14-11-8-7-9-12-14/h7-9,11-12,15,17,19-20H,2-6,10,13H2,1H3,(H,18,21). The minimum Gasteiger partial charge on any atom is -0.329 e. The number of hydrazine groups is 1. The molecule has 0 aromatic heterocycles. The van der Waals surface area contributed by atoms with Crippen molar-refractivity contribution < 1.29 is 4.79 Å². The number of benzene rings is 1. The van der Waals surface area contributed by atoms with Gasteiger partial charge in [-0.15, -0.1) is 11.8 Å². The highest BCUT2D eigenvalue weighted by atomic mass is 32.2. The Balaban J connectivity index is 1.63. The third-order valence-electron chi connectivity index (χ3n) is 3.81. The first-order valence-corrected chi connectivity index (χ1v) is 9.34. The molecule has 122 valence electrons. The second kappa shape index (κ2) is 9.87. The van der Waals surface area contributed by atoms with Gasteiger partial charge in [0.15, 0.2) is 0 Å². The molecule has 1 aromatic carbocycles. The number of rotatable bonds is 9. The van der Waals surface area contributed by atoms with E-state index in [9.17, 15) is 4.79 Å². The second-order valence-corrected chi connectivity index (χ2v) is 6.87. The summed E-state index contributed by atoms with van der Waals surface area (Å²) in [6.07, 6.45) is 7.81. The van der Waals surface area contributed by atoms with Crippen LogP contribution in [-0.4, -0.2) is 17.2 Å². The first kappa shape index (κ1) is 17.3. The maximum absolute atomic E-state index is 12.2. The van der Waals surface area contributed by atoms with Crippen LogP contribution in [0.3, 0.4) is 0 Å². The van der Waals surface area contributed by atoms with Gasteiger partial charge < -0.3 is 5.32 Å². The van der Waals surface area contributed by atoms with E-state index in [0.717, 1.165) is 11.3 Å². The van der Waals surface area contributed by atoms with Crippen LogP contribution in [0.25, 0.3) is 0 Å². The van der Waals surface area contributed by atoms with E-state index in [1.807, 2.05) is 30.3 Å². The summed E-state index contributed by atoms with van der Waals surface area (Å²) in [7, 11) is 0. The molecule has 0 spiro atoms. The highest BCUT2D eigenvalue weighted by Crippen LogP contribution is 2.18. The molecule has 0 bridgehead atoms. The van der Waals surface area contributed by atoms with Crippen molar-refractivity contribution in [3.63, 3.8) is 0 Å². The summed E-state index contributed by atoms with van der Waals surface area (Å²) in [5, 5.41) is 3.03. The Kier molecular flexibility index (Phi) is 7.77. The number of unbranched alkanes of at least 4 members (excludes halogenated alkanes) is 5. The molecule has 1 aliphatic heterocycles. The Morgan fingerprint density at radius 1 is 1.00 bits per heavy atom. The lowest BCUT2D eigenvalue weighted by Gasteiger charge is -2.31. The van der Waals surface area contributed by atoms with Crippen molar-refractivity contribution >= 4 is 17.7 Å². The number of thioether (sulfide) groups is 1. The summed E-state index contributed by atoms with van der Waals surface area (Å²) in [5.41, 5.74) is 7.25. The number of hydrogen-bond donors (Lipinski definition) is 3. The van der Waals surface area contributed by atoms with Gasteiger partial charge in [0.25, 0.3) is 0 Å². The first-order valence-electron chi connectivity index (χ1n) is 8.29. The van der Waals surface area contributed by atoms with Crippen molar-refractivity contribution in [3.8, 4) is 0 Å². The van der Waals surface area contributed by atoms with Gasteiger partial charge in [0.2, 0.25) is 5.91 Å². The maximum Gasteiger partial charge on any atom is 0.244 e. The van der Waals surface area contributed by atoms with Crippen LogP contribution < -0.4 is 16.2 Å². The number of carbonyl (C=O) groups is 1. The van der Waals surface area contributed by atoms with Crippen LogP contribution in [0.2, 0.25) is 0 Å². The molecule has 0 saturated carbocycles. The fourth-order valence-electron chi connectivity index (χ4n) is 2.52. The topological polar surface area (TPSA) is 53.2 Å². The summed E-state index contributed by atoms with van der Waals surface area (Å²) in [6.45, 7) is 2.24. The van der Waals surface area contributed by atoms with Gasteiger partial charge in [0.1, 0.15) is 11.5 Å². The lowest BCUT2D eigenvalue weighted by molar-refractivity contribution is -0.125. The monoisotopic (exact) mass is 321 g/mol. The van der Waals surface area contributed by atoms with Crippen LogP contribution in [0.5, 0.6) is 0 Å². The lowest BCUT2D eigenvalue weighted by atomic mass is 10.1. The molecule has 0 aliphatic carbocycles. The van der Waals surface area contributed by atoms with E-state index >= 15 is 0 Å². The molecule has 3 N–H and O–H groups in total. The molecule has 2 rings (SSSR count). The predicted octanol–water partition coefficient (Wildman–Crippen LogP) is 3.33. The third kappa shape index (κ3) is 5.63. The highest BCUT2D eigenvalue weighted by molar-refractivity contribution is 7.99. The second-order valence-electron chi connectivity index (χ2n) is 5.66. The smallest absolute Gasteiger partial charge is 0.244 e. The molecule has 1 aliphatic rings. The van der Waals surface area contributed by atoms with E-state index in [2.05, 4.69) is 23.1 Å². The Hall–Kier alpha value is -1.04. The molecule has 5 heteroatoms. The van der Waals surface area contributed by atoms with E-state index in [1.165, 1.54) is 38.5 Å². The molecular formula is C17H27N3OS. The fourth-order valence-corrected chi connectivity index (χ4v) is 3.48. The number of carbonyl (C=O) groups excluding carboxylic acids is 1. The highest BCUT2D eigenvalue weighted by Gasteiger charge is 2.28. The summed E-state index contributed by atoms with van der Waals surface area (Å²) in [5.74, 6) is 1.10. The van der Waals surface area contributed by atoms with Crippen LogP contribution in [-0.2, 0) is 4.79 Å². The van der Waals surface area contributed by atoms with Crippen LogP contribution in [0.4, 0.5) is 0 Å². The molecule has 22 heavy (non-hydrogen) atoms. The molecule has 2 unspecified atom stereocenters. The van der Waals surface area contributed by atoms with Crippen LogP contribution in [0.15, 0.2) is 30.3 Å². The zero-order chi connectivity index (χ0) is 15.6. The normalized spacial score (nSPS) is 21.6. The van der Waals surface area contributed by atoms with Gasteiger partial charge in [0, 0.05) is 0 Å².